The van der Waals surface area contributed by atoms with Gasteiger partial charge in [-0.1, -0.05) is 43.2 Å². The van der Waals surface area contributed by atoms with Crippen molar-refractivity contribution in [2.24, 2.45) is 17.8 Å². The minimum absolute atomic E-state index is 0.0879. The zero-order valence-corrected chi connectivity index (χ0v) is 38.0. The van der Waals surface area contributed by atoms with Crippen LogP contribution in [0.25, 0.3) is 22.3 Å². The van der Waals surface area contributed by atoms with Crippen molar-refractivity contribution in [3.63, 3.8) is 0 Å². The van der Waals surface area contributed by atoms with Gasteiger partial charge in [0.25, 0.3) is 15.9 Å². The topological polar surface area (TPSA) is 204 Å². The molecule has 3 fully saturated rings. The summed E-state index contributed by atoms with van der Waals surface area (Å²) in [6.07, 6.45) is 9.39. The molecule has 8 rings (SSSR count). The van der Waals surface area contributed by atoms with Gasteiger partial charge in [-0.15, -0.1) is 11.3 Å². The number of aromatic nitrogens is 2. The number of pyridine rings is 1. The van der Waals surface area contributed by atoms with E-state index in [0.717, 1.165) is 43.7 Å². The van der Waals surface area contributed by atoms with Crippen LogP contribution in [0.5, 0.6) is 11.5 Å². The van der Waals surface area contributed by atoms with Gasteiger partial charge in [0, 0.05) is 40.8 Å². The fraction of sp³-hybridized carbons (Fsp3) is 0.489. The van der Waals surface area contributed by atoms with E-state index in [-0.39, 0.29) is 42.1 Å². The third kappa shape index (κ3) is 10.2. The molecule has 2 aromatic carbocycles. The molecule has 3 saturated carbocycles. The molecule has 3 amide bonds. The molecule has 1 aliphatic heterocycles. The van der Waals surface area contributed by atoms with Gasteiger partial charge >= 0.3 is 6.09 Å². The minimum atomic E-state index is -4.27. The number of anilines is 1. The average molecular weight is 913 g/mol. The highest BCUT2D eigenvalue weighted by atomic mass is 32.2. The first-order valence-corrected chi connectivity index (χ1v) is 24.7. The SMILES string of the molecule is COc1ccc2c(O[C@H]3CC4C(=O)[C@@H](NC(=O)OC5CCCC5)CCCCCC=C[C@@H]5C[C@@]5(C(=O)NS(=O)(=O)c5ccccc5)NC(=O)[C@@H]4C3)cc(-c3csc(NC(C)C)n3)nc2c1. The molecule has 64 heavy (non-hydrogen) atoms. The van der Waals surface area contributed by atoms with Crippen LogP contribution in [0.1, 0.15) is 90.9 Å². The molecule has 1 unspecified atom stereocenters. The minimum Gasteiger partial charge on any atom is -0.497 e. The lowest BCUT2D eigenvalue weighted by atomic mass is 9.86. The molecular weight excluding hydrogens is 857 g/mol. The molecule has 0 saturated heterocycles. The fourth-order valence-electron chi connectivity index (χ4n) is 9.20. The van der Waals surface area contributed by atoms with Crippen molar-refractivity contribution in [3.8, 4) is 22.9 Å². The van der Waals surface area contributed by atoms with E-state index in [4.69, 9.17) is 24.2 Å². The monoisotopic (exact) mass is 912 g/mol. The first-order chi connectivity index (χ1) is 30.8. The number of ketones is 1. The van der Waals surface area contributed by atoms with Gasteiger partial charge in [-0.05, 0) is 102 Å². The number of methoxy groups -OCH3 is 1. The number of nitrogens with zero attached hydrogens (tertiary/aromatic N) is 2. The zero-order chi connectivity index (χ0) is 45.0. The predicted molar refractivity (Wildman–Crippen MR) is 242 cm³/mol. The molecule has 0 bridgehead atoms. The standard InChI is InChI=1S/C47H56N6O9S2/c1-28(2)48-45-50-40(27-63-45)39-25-41(34-21-20-31(60-3)24-38(34)49-39)61-32-22-35-36(23-32)43(55)52-47(44(56)53-64(58,59)33-17-9-7-10-18-33)26-29(47)14-8-5-4-6-11-19-37(42(35)54)51-46(57)62-30-15-12-13-16-30/h7-10,14,17-18,20-21,24-25,27-30,32,35-37H,4-6,11-13,15-16,19,22-23,26H2,1-3H3,(H,48,50)(H,51,57)(H,52,55)(H,53,56)/t29-,32+,35?,36-,37+,47-/m1/s1. The Bertz CT molecular complexity index is 2510. The summed E-state index contributed by atoms with van der Waals surface area (Å²) >= 11 is 1.46. The summed E-state index contributed by atoms with van der Waals surface area (Å²) < 4.78 is 47.1. The van der Waals surface area contributed by atoms with E-state index < -0.39 is 63.4 Å². The maximum atomic E-state index is 14.9. The summed E-state index contributed by atoms with van der Waals surface area (Å²) in [4.78, 5) is 66.8. The van der Waals surface area contributed by atoms with Gasteiger partial charge in [0.15, 0.2) is 10.9 Å². The highest BCUT2D eigenvalue weighted by Crippen LogP contribution is 2.47. The summed E-state index contributed by atoms with van der Waals surface area (Å²) in [5.41, 5.74) is 0.214. The van der Waals surface area contributed by atoms with Crippen molar-refractivity contribution in [1.29, 1.82) is 0 Å². The Morgan fingerprint density at radius 1 is 0.906 bits per heavy atom. The van der Waals surface area contributed by atoms with Crippen molar-refractivity contribution in [2.45, 2.75) is 126 Å². The van der Waals surface area contributed by atoms with Gasteiger partial charge < -0.3 is 30.2 Å². The van der Waals surface area contributed by atoms with E-state index in [0.29, 0.717) is 53.1 Å². The smallest absolute Gasteiger partial charge is 0.407 e. The number of fused-ring (bicyclic) bond motifs is 3. The Kier molecular flexibility index (Phi) is 13.6. The van der Waals surface area contributed by atoms with Crippen molar-refractivity contribution in [1.82, 2.24) is 25.3 Å². The van der Waals surface area contributed by atoms with Crippen LogP contribution < -0.4 is 30.1 Å². The second-order valence-electron chi connectivity index (χ2n) is 17.6. The second kappa shape index (κ2) is 19.3. The third-order valence-electron chi connectivity index (χ3n) is 12.7. The van der Waals surface area contributed by atoms with E-state index in [1.54, 1.807) is 37.4 Å². The summed E-state index contributed by atoms with van der Waals surface area (Å²) in [7, 11) is -2.70. The van der Waals surface area contributed by atoms with Crippen LogP contribution in [0.4, 0.5) is 9.93 Å². The van der Waals surface area contributed by atoms with Crippen molar-refractivity contribution in [2.75, 3.05) is 12.4 Å². The fourth-order valence-corrected chi connectivity index (χ4v) is 11.1. The predicted octanol–water partition coefficient (Wildman–Crippen LogP) is 7.47. The molecule has 0 spiro atoms. The molecule has 3 heterocycles. The van der Waals surface area contributed by atoms with Gasteiger partial charge in [-0.2, -0.15) is 0 Å². The Balaban J connectivity index is 1.12. The number of carbonyl (C=O) groups is 4. The number of sulfonamides is 1. The lowest BCUT2D eigenvalue weighted by molar-refractivity contribution is -0.136. The van der Waals surface area contributed by atoms with Gasteiger partial charge in [0.1, 0.15) is 34.9 Å². The quantitative estimate of drug-likeness (QED) is 0.108. The van der Waals surface area contributed by atoms with E-state index in [1.807, 2.05) is 43.5 Å². The number of hydrogen-bond donors (Lipinski definition) is 4. The van der Waals surface area contributed by atoms with Crippen LogP contribution in [0.15, 0.2) is 77.0 Å². The third-order valence-corrected chi connectivity index (χ3v) is 14.8. The molecule has 17 heteroatoms. The average Bonchev–Trinajstić information content (AvgIpc) is 3.70. The number of allylic oxidation sites excluding steroid dienone is 1. The highest BCUT2D eigenvalue weighted by Gasteiger charge is 2.62. The molecule has 4 aromatic rings. The molecule has 3 aliphatic carbocycles. The van der Waals surface area contributed by atoms with E-state index in [1.165, 1.54) is 23.5 Å². The summed E-state index contributed by atoms with van der Waals surface area (Å²) in [5, 5.41) is 12.5. The van der Waals surface area contributed by atoms with Gasteiger partial charge in [-0.3, -0.25) is 14.4 Å². The van der Waals surface area contributed by atoms with Crippen LogP contribution in [-0.4, -0.2) is 79.0 Å². The van der Waals surface area contributed by atoms with Crippen LogP contribution in [0.2, 0.25) is 0 Å². The molecule has 2 aromatic heterocycles. The van der Waals surface area contributed by atoms with Crippen LogP contribution in [0, 0.1) is 17.8 Å². The second-order valence-corrected chi connectivity index (χ2v) is 20.2. The molecule has 4 N–H and O–H groups in total. The maximum Gasteiger partial charge on any atom is 0.407 e. The normalized spacial score (nSPS) is 25.3. The number of nitrogens with one attached hydrogen (secondary N) is 4. The number of hydrogen-bond acceptors (Lipinski definition) is 13. The number of ether oxygens (including phenoxy) is 3. The molecule has 4 aliphatic rings. The highest BCUT2D eigenvalue weighted by molar-refractivity contribution is 7.90. The molecular formula is C47H56N6O9S2. The number of rotatable bonds is 11. The Hall–Kier alpha value is -5.55. The first-order valence-electron chi connectivity index (χ1n) is 22.3. The number of Topliss-reactive ketones (excluding diaryl/α,β-unsaturated/α-hetero) is 1. The van der Waals surface area contributed by atoms with Crippen molar-refractivity contribution in [3.05, 3.63) is 72.1 Å². The summed E-state index contributed by atoms with van der Waals surface area (Å²) in [6, 6.07) is 14.1. The summed E-state index contributed by atoms with van der Waals surface area (Å²) in [5.74, 6) is -3.08. The number of benzene rings is 2. The largest absolute Gasteiger partial charge is 0.497 e. The Morgan fingerprint density at radius 3 is 2.44 bits per heavy atom. The van der Waals surface area contributed by atoms with Crippen LogP contribution in [-0.2, 0) is 29.1 Å². The first kappa shape index (κ1) is 45.0. The summed E-state index contributed by atoms with van der Waals surface area (Å²) in [6.45, 7) is 4.06. The number of thiazole rings is 1. The maximum absolute atomic E-state index is 14.9. The molecule has 6 atom stereocenters. The number of amides is 3. The zero-order valence-electron chi connectivity index (χ0n) is 36.3. The Labute approximate surface area is 377 Å². The molecule has 0 radical (unpaired) electrons. The lowest BCUT2D eigenvalue weighted by Gasteiger charge is -2.26. The Morgan fingerprint density at radius 2 is 1.67 bits per heavy atom. The van der Waals surface area contributed by atoms with Crippen molar-refractivity contribution >= 4 is 61.1 Å². The van der Waals surface area contributed by atoms with Gasteiger partial charge in [0.05, 0.1) is 35.2 Å². The van der Waals surface area contributed by atoms with E-state index in [2.05, 4.69) is 20.7 Å². The van der Waals surface area contributed by atoms with Crippen molar-refractivity contribution < 1.29 is 41.8 Å². The van der Waals surface area contributed by atoms with E-state index >= 15 is 0 Å². The van der Waals surface area contributed by atoms with Gasteiger partial charge in [-0.25, -0.2) is 27.9 Å². The number of carbonyl (C=O) groups excluding carboxylic acids is 4. The van der Waals surface area contributed by atoms with Gasteiger partial charge in [0.2, 0.25) is 5.91 Å². The van der Waals surface area contributed by atoms with Crippen LogP contribution in [0.3, 0.4) is 0 Å². The van der Waals surface area contributed by atoms with E-state index in [9.17, 15) is 27.6 Å². The van der Waals surface area contributed by atoms with Crippen LogP contribution >= 0.6 is 11.3 Å². The lowest BCUT2D eigenvalue weighted by Crippen LogP contribution is -2.54. The molecule has 15 nitrogen and oxygen atoms in total. The molecule has 340 valence electrons. The number of alkyl carbamates (subject to hydrolysis) is 1.